The Morgan fingerprint density at radius 1 is 0.731 bits per heavy atom. The van der Waals surface area contributed by atoms with Crippen LogP contribution >= 0.6 is 7.82 Å². The van der Waals surface area contributed by atoms with E-state index in [1.165, 1.54) is 51.4 Å². The lowest BCUT2D eigenvalue weighted by molar-refractivity contribution is 0.133. The van der Waals surface area contributed by atoms with Gasteiger partial charge < -0.3 is 4.89 Å². The Kier molecular flexibility index (Phi) is 18.4. The molecule has 0 fully saturated rings. The highest BCUT2D eigenvalue weighted by Gasteiger charge is 2.21. The number of unbranched alkanes of at least 4 members (excludes halogenated alkanes) is 11. The van der Waals surface area contributed by atoms with Crippen LogP contribution in [0.1, 0.15) is 110 Å². The number of alkyl halides is 1. The molecule has 0 spiro atoms. The Morgan fingerprint density at radius 2 is 1.19 bits per heavy atom. The van der Waals surface area contributed by atoms with E-state index in [0.717, 1.165) is 32.1 Å². The zero-order valence-electron chi connectivity index (χ0n) is 17.1. The van der Waals surface area contributed by atoms with Crippen LogP contribution in [0.2, 0.25) is 0 Å². The van der Waals surface area contributed by atoms with Gasteiger partial charge in [0.25, 0.3) is 0 Å². The lowest BCUT2D eigenvalue weighted by Crippen LogP contribution is -2.06. The first-order valence-corrected chi connectivity index (χ1v) is 12.3. The van der Waals surface area contributed by atoms with Crippen molar-refractivity contribution >= 4 is 7.82 Å². The Bertz CT molecular complexity index is 342. The van der Waals surface area contributed by atoms with E-state index >= 15 is 0 Å². The Morgan fingerprint density at radius 3 is 1.77 bits per heavy atom. The fourth-order valence-corrected chi connectivity index (χ4v) is 3.63. The summed E-state index contributed by atoms with van der Waals surface area (Å²) in [6, 6.07) is 0. The van der Waals surface area contributed by atoms with Crippen molar-refractivity contribution < 1.29 is 22.9 Å². The van der Waals surface area contributed by atoms with E-state index in [2.05, 4.69) is 13.8 Å². The molecule has 6 heteroatoms. The average molecular weight is 397 g/mol. The maximum atomic E-state index is 13.8. The highest BCUT2D eigenvalue weighted by Crippen LogP contribution is 2.43. The van der Waals surface area contributed by atoms with Gasteiger partial charge >= 0.3 is 7.82 Å². The van der Waals surface area contributed by atoms with Crippen molar-refractivity contribution in [1.82, 2.24) is 0 Å². The summed E-state index contributed by atoms with van der Waals surface area (Å²) < 4.78 is 35.3. The van der Waals surface area contributed by atoms with E-state index in [9.17, 15) is 13.8 Å². The Hall–Kier alpha value is 0.0400. The average Bonchev–Trinajstić information content (AvgIpc) is 2.60. The van der Waals surface area contributed by atoms with E-state index in [-0.39, 0.29) is 19.6 Å². The first kappa shape index (κ1) is 26.0. The molecule has 0 saturated carbocycles. The second-order valence-corrected chi connectivity index (χ2v) is 8.65. The molecule has 0 aliphatic heterocycles. The zero-order valence-corrected chi connectivity index (χ0v) is 18.0. The van der Waals surface area contributed by atoms with E-state index in [0.29, 0.717) is 6.42 Å². The topological polar surface area (TPSA) is 55.8 Å². The van der Waals surface area contributed by atoms with Crippen LogP contribution in [0.4, 0.5) is 4.39 Å². The van der Waals surface area contributed by atoms with Crippen LogP contribution in [0.15, 0.2) is 0 Å². The molecule has 0 heterocycles. The summed E-state index contributed by atoms with van der Waals surface area (Å²) in [6.07, 6.45) is 14.3. The van der Waals surface area contributed by atoms with Gasteiger partial charge in [-0.15, -0.1) is 0 Å². The summed E-state index contributed by atoms with van der Waals surface area (Å²) in [4.78, 5) is 9.57. The lowest BCUT2D eigenvalue weighted by atomic mass is 10.1. The van der Waals surface area contributed by atoms with Crippen molar-refractivity contribution in [2.45, 2.75) is 116 Å². The maximum Gasteiger partial charge on any atom is 0.472 e. The number of halogens is 1. The third kappa shape index (κ3) is 18.8. The summed E-state index contributed by atoms with van der Waals surface area (Å²) in [7, 11) is -4.02. The molecule has 0 saturated heterocycles. The smallest absolute Gasteiger partial charge is 0.302 e. The summed E-state index contributed by atoms with van der Waals surface area (Å²) in [5, 5.41) is 0. The van der Waals surface area contributed by atoms with E-state index < -0.39 is 14.0 Å². The minimum absolute atomic E-state index is 0.0675. The van der Waals surface area contributed by atoms with Gasteiger partial charge in [-0.25, -0.2) is 8.96 Å². The molecule has 0 aliphatic carbocycles. The van der Waals surface area contributed by atoms with E-state index in [4.69, 9.17) is 9.05 Å². The van der Waals surface area contributed by atoms with Gasteiger partial charge in [0.2, 0.25) is 0 Å². The molecule has 0 aromatic heterocycles. The van der Waals surface area contributed by atoms with Gasteiger partial charge in [0, 0.05) is 6.42 Å². The fourth-order valence-electron chi connectivity index (χ4n) is 2.86. The molecule has 0 aromatic carbocycles. The van der Waals surface area contributed by atoms with Crippen molar-refractivity contribution in [3.05, 3.63) is 0 Å². The number of rotatable bonds is 20. The van der Waals surface area contributed by atoms with Crippen LogP contribution in [0.3, 0.4) is 0 Å². The first-order valence-electron chi connectivity index (χ1n) is 10.8. The van der Waals surface area contributed by atoms with Crippen molar-refractivity contribution in [1.29, 1.82) is 0 Å². The van der Waals surface area contributed by atoms with Gasteiger partial charge in [-0.05, 0) is 12.8 Å². The molecule has 0 amide bonds. The van der Waals surface area contributed by atoms with E-state index in [1.807, 2.05) is 0 Å². The molecule has 26 heavy (non-hydrogen) atoms. The predicted molar refractivity (Wildman–Crippen MR) is 107 cm³/mol. The van der Waals surface area contributed by atoms with Gasteiger partial charge in [0.15, 0.2) is 0 Å². The standard InChI is InChI=1S/C20H42FO4P/c1-3-5-7-9-11-12-14-16-20(21)17-19-25-26(22,23)24-18-15-13-10-8-6-4-2/h20H,3-19H2,1-2H3,(H,22,23). The molecule has 0 bridgehead atoms. The second kappa shape index (κ2) is 18.4. The van der Waals surface area contributed by atoms with Gasteiger partial charge in [0.1, 0.15) is 6.17 Å². The molecule has 0 rings (SSSR count). The molecule has 4 nitrogen and oxygen atoms in total. The molecule has 158 valence electrons. The molecule has 1 N–H and O–H groups in total. The molecular weight excluding hydrogens is 354 g/mol. The molecule has 0 aliphatic rings. The quantitative estimate of drug-likeness (QED) is 0.173. The third-order valence-electron chi connectivity index (χ3n) is 4.56. The first-order chi connectivity index (χ1) is 12.5. The Balaban J connectivity index is 3.50. The van der Waals surface area contributed by atoms with Crippen molar-refractivity contribution in [3.8, 4) is 0 Å². The molecule has 2 atom stereocenters. The van der Waals surface area contributed by atoms with Crippen LogP contribution in [0.5, 0.6) is 0 Å². The lowest BCUT2D eigenvalue weighted by Gasteiger charge is -2.13. The summed E-state index contributed by atoms with van der Waals surface area (Å²) >= 11 is 0. The highest BCUT2D eigenvalue weighted by atomic mass is 31.2. The second-order valence-electron chi connectivity index (χ2n) is 7.20. The van der Waals surface area contributed by atoms with Crippen LogP contribution in [-0.2, 0) is 13.6 Å². The molecule has 0 aromatic rings. The van der Waals surface area contributed by atoms with Gasteiger partial charge in [0.05, 0.1) is 13.2 Å². The number of phosphoric acid groups is 1. The Labute approximate surface area is 160 Å². The van der Waals surface area contributed by atoms with Crippen LogP contribution in [0, 0.1) is 0 Å². The van der Waals surface area contributed by atoms with Crippen molar-refractivity contribution in [3.63, 3.8) is 0 Å². The van der Waals surface area contributed by atoms with Crippen molar-refractivity contribution in [2.75, 3.05) is 13.2 Å². The highest BCUT2D eigenvalue weighted by molar-refractivity contribution is 7.47. The molecular formula is C20H42FO4P. The minimum atomic E-state index is -4.02. The van der Waals surface area contributed by atoms with Gasteiger partial charge in [-0.3, -0.25) is 9.05 Å². The predicted octanol–water partition coefficient (Wildman–Crippen LogP) is 7.35. The number of hydrogen-bond acceptors (Lipinski definition) is 3. The largest absolute Gasteiger partial charge is 0.472 e. The van der Waals surface area contributed by atoms with Crippen molar-refractivity contribution in [2.24, 2.45) is 0 Å². The molecule has 0 radical (unpaired) electrons. The summed E-state index contributed by atoms with van der Waals surface area (Å²) in [5.41, 5.74) is 0. The van der Waals surface area contributed by atoms with Crippen LogP contribution < -0.4 is 0 Å². The number of phosphoric ester groups is 1. The maximum absolute atomic E-state index is 13.8. The summed E-state index contributed by atoms with van der Waals surface area (Å²) in [6.45, 7) is 4.51. The van der Waals surface area contributed by atoms with Gasteiger partial charge in [-0.2, -0.15) is 0 Å². The summed E-state index contributed by atoms with van der Waals surface area (Å²) in [5.74, 6) is 0. The normalized spacial score (nSPS) is 15.1. The van der Waals surface area contributed by atoms with Crippen LogP contribution in [0.25, 0.3) is 0 Å². The minimum Gasteiger partial charge on any atom is -0.302 e. The third-order valence-corrected chi connectivity index (χ3v) is 5.58. The van der Waals surface area contributed by atoms with E-state index in [1.54, 1.807) is 0 Å². The molecule has 2 unspecified atom stereocenters. The zero-order chi connectivity index (χ0) is 19.5. The SMILES string of the molecule is CCCCCCCCCC(F)CCOP(=O)(O)OCCCCCCCC. The number of hydrogen-bond donors (Lipinski definition) is 1. The fraction of sp³-hybridized carbons (Fsp3) is 1.00. The van der Waals surface area contributed by atoms with Crippen LogP contribution in [-0.4, -0.2) is 24.3 Å². The monoisotopic (exact) mass is 396 g/mol. The van der Waals surface area contributed by atoms with Gasteiger partial charge in [-0.1, -0.05) is 90.9 Å².